The minimum Gasteiger partial charge on any atom is -0.392 e. The Morgan fingerprint density at radius 2 is 1.88 bits per heavy atom. The van der Waals surface area contributed by atoms with E-state index in [-0.39, 0.29) is 23.5 Å². The lowest BCUT2D eigenvalue weighted by Crippen LogP contribution is -2.65. The average molecular weight is 329 g/mol. The maximum Gasteiger partial charge on any atom is 0.220 e. The van der Waals surface area contributed by atoms with Crippen LogP contribution in [-0.2, 0) is 9.53 Å². The Kier molecular flexibility index (Phi) is 4.35. The summed E-state index contributed by atoms with van der Waals surface area (Å²) in [6.45, 7) is 1.40. The van der Waals surface area contributed by atoms with Crippen LogP contribution < -0.4 is 5.32 Å². The number of carbonyl (C=O) groups excluding carboxylic acids is 1. The van der Waals surface area contributed by atoms with E-state index in [9.17, 15) is 9.90 Å². The number of hydrogen-bond donors (Lipinski definition) is 2. The number of benzene rings is 1. The van der Waals surface area contributed by atoms with Crippen LogP contribution >= 0.6 is 0 Å². The summed E-state index contributed by atoms with van der Waals surface area (Å²) in [6, 6.07) is 10.7. The third kappa shape index (κ3) is 2.86. The van der Waals surface area contributed by atoms with Crippen LogP contribution in [0.3, 0.4) is 0 Å². The predicted molar refractivity (Wildman–Crippen MR) is 91.6 cm³/mol. The molecule has 2 N–H and O–H groups in total. The highest BCUT2D eigenvalue weighted by Crippen LogP contribution is 2.49. The van der Waals surface area contributed by atoms with Crippen molar-refractivity contribution in [3.05, 3.63) is 35.9 Å². The van der Waals surface area contributed by atoms with Crippen molar-refractivity contribution >= 4 is 5.91 Å². The Balaban J connectivity index is 1.25. The van der Waals surface area contributed by atoms with Crippen LogP contribution in [0.25, 0.3) is 0 Å². The second-order valence-electron chi connectivity index (χ2n) is 7.87. The van der Waals surface area contributed by atoms with Crippen molar-refractivity contribution in [1.29, 1.82) is 0 Å². The van der Waals surface area contributed by atoms with Crippen molar-refractivity contribution in [1.82, 2.24) is 5.32 Å². The van der Waals surface area contributed by atoms with E-state index in [1.807, 2.05) is 6.07 Å². The summed E-state index contributed by atoms with van der Waals surface area (Å²) in [6.07, 6.45) is 4.99. The number of carbonyl (C=O) groups is 1. The Labute approximate surface area is 143 Å². The van der Waals surface area contributed by atoms with Gasteiger partial charge in [0.1, 0.15) is 0 Å². The highest BCUT2D eigenvalue weighted by molar-refractivity contribution is 5.77. The largest absolute Gasteiger partial charge is 0.392 e. The molecule has 4 rings (SSSR count). The van der Waals surface area contributed by atoms with E-state index >= 15 is 0 Å². The molecular formula is C20H27NO3. The molecule has 0 unspecified atom stereocenters. The van der Waals surface area contributed by atoms with E-state index in [2.05, 4.69) is 29.6 Å². The molecule has 1 heterocycles. The monoisotopic (exact) mass is 329 g/mol. The molecule has 4 nitrogen and oxygen atoms in total. The fourth-order valence-electron chi connectivity index (χ4n) is 4.82. The van der Waals surface area contributed by atoms with Crippen LogP contribution in [0.5, 0.6) is 0 Å². The molecule has 3 aliphatic rings. The van der Waals surface area contributed by atoms with Crippen LogP contribution in [0.4, 0.5) is 0 Å². The molecule has 3 fully saturated rings. The third-order valence-electron chi connectivity index (χ3n) is 6.56. The van der Waals surface area contributed by atoms with Gasteiger partial charge in [0.25, 0.3) is 0 Å². The lowest BCUT2D eigenvalue weighted by atomic mass is 9.57. The number of nitrogens with one attached hydrogen (secondary N) is 1. The van der Waals surface area contributed by atoms with E-state index in [1.54, 1.807) is 0 Å². The lowest BCUT2D eigenvalue weighted by molar-refractivity contribution is -0.156. The van der Waals surface area contributed by atoms with Gasteiger partial charge in [-0.1, -0.05) is 30.3 Å². The predicted octanol–water partition coefficient (Wildman–Crippen LogP) is 2.62. The summed E-state index contributed by atoms with van der Waals surface area (Å²) in [5.41, 5.74) is 1.28. The summed E-state index contributed by atoms with van der Waals surface area (Å²) >= 11 is 0. The Hall–Kier alpha value is -1.39. The van der Waals surface area contributed by atoms with Crippen LogP contribution in [0.2, 0.25) is 0 Å². The van der Waals surface area contributed by atoms with Gasteiger partial charge in [-0.15, -0.1) is 0 Å². The molecule has 1 saturated heterocycles. The minimum absolute atomic E-state index is 0.125. The number of aliphatic hydroxyl groups excluding tert-OH is 1. The fraction of sp³-hybridized carbons (Fsp3) is 0.650. The van der Waals surface area contributed by atoms with Gasteiger partial charge in [-0.3, -0.25) is 4.79 Å². The van der Waals surface area contributed by atoms with Crippen molar-refractivity contribution in [2.75, 3.05) is 13.2 Å². The summed E-state index contributed by atoms with van der Waals surface area (Å²) in [5.74, 6) is 1.29. The van der Waals surface area contributed by atoms with E-state index in [4.69, 9.17) is 4.74 Å². The van der Waals surface area contributed by atoms with E-state index in [0.717, 1.165) is 25.7 Å². The number of ether oxygens (including phenoxy) is 1. The van der Waals surface area contributed by atoms with E-state index < -0.39 is 0 Å². The van der Waals surface area contributed by atoms with Crippen molar-refractivity contribution < 1.29 is 14.6 Å². The van der Waals surface area contributed by atoms with Gasteiger partial charge >= 0.3 is 0 Å². The Morgan fingerprint density at radius 1 is 1.17 bits per heavy atom. The molecule has 2 aliphatic carbocycles. The van der Waals surface area contributed by atoms with E-state index in [0.29, 0.717) is 37.9 Å². The first-order chi connectivity index (χ1) is 11.7. The highest BCUT2D eigenvalue weighted by atomic mass is 16.5. The quantitative estimate of drug-likeness (QED) is 0.893. The standard InChI is InChI=1S/C20H27NO3/c22-18-13-17(20(18)6-8-24-9-7-20)21-19(23)12-14-10-16(11-14)15-4-2-1-3-5-15/h1-5,14,16-18,22H,6-13H2,(H,21,23)/t14?,16?,17-,18-/m1/s1. The lowest BCUT2D eigenvalue weighted by Gasteiger charge is -2.55. The van der Waals surface area contributed by atoms with Crippen molar-refractivity contribution in [2.24, 2.45) is 11.3 Å². The number of rotatable bonds is 4. The molecule has 1 aromatic carbocycles. The molecule has 1 spiro atoms. The fourth-order valence-corrected chi connectivity index (χ4v) is 4.82. The van der Waals surface area contributed by atoms with Crippen LogP contribution in [0, 0.1) is 11.3 Å². The minimum atomic E-state index is -0.280. The SMILES string of the molecule is O=C(CC1CC(c2ccccc2)C1)N[C@@H]1C[C@@H](O)C12CCOCC2. The molecule has 2 atom stereocenters. The summed E-state index contributed by atoms with van der Waals surface area (Å²) in [7, 11) is 0. The summed E-state index contributed by atoms with van der Waals surface area (Å²) in [5, 5.41) is 13.4. The highest BCUT2D eigenvalue weighted by Gasteiger charge is 2.55. The molecule has 4 heteroatoms. The first-order valence-electron chi connectivity index (χ1n) is 9.27. The molecule has 1 amide bonds. The summed E-state index contributed by atoms with van der Waals surface area (Å²) < 4.78 is 5.42. The van der Waals surface area contributed by atoms with Crippen molar-refractivity contribution in [3.8, 4) is 0 Å². The zero-order chi connectivity index (χ0) is 16.6. The third-order valence-corrected chi connectivity index (χ3v) is 6.56. The molecule has 130 valence electrons. The van der Waals surface area contributed by atoms with Gasteiger partial charge in [0.05, 0.1) is 6.10 Å². The second-order valence-corrected chi connectivity index (χ2v) is 7.87. The zero-order valence-corrected chi connectivity index (χ0v) is 14.1. The van der Waals surface area contributed by atoms with Crippen LogP contribution in [0.15, 0.2) is 30.3 Å². The van der Waals surface area contributed by atoms with Gasteiger partial charge in [-0.25, -0.2) is 0 Å². The van der Waals surface area contributed by atoms with E-state index in [1.165, 1.54) is 5.56 Å². The Bertz CT molecular complexity index is 576. The molecule has 1 aliphatic heterocycles. The van der Waals surface area contributed by atoms with Crippen LogP contribution in [0.1, 0.15) is 50.0 Å². The zero-order valence-electron chi connectivity index (χ0n) is 14.1. The first kappa shape index (κ1) is 16.1. The van der Waals surface area contributed by atoms with Crippen LogP contribution in [-0.4, -0.2) is 36.4 Å². The second kappa shape index (κ2) is 6.49. The number of aliphatic hydroxyl groups is 1. The number of hydrogen-bond acceptors (Lipinski definition) is 3. The van der Waals surface area contributed by atoms with Gasteiger partial charge < -0.3 is 15.2 Å². The maximum absolute atomic E-state index is 12.4. The molecule has 24 heavy (non-hydrogen) atoms. The molecule has 1 aromatic rings. The van der Waals surface area contributed by atoms with Crippen molar-refractivity contribution in [3.63, 3.8) is 0 Å². The summed E-state index contributed by atoms with van der Waals surface area (Å²) in [4.78, 5) is 12.4. The Morgan fingerprint density at radius 3 is 2.54 bits per heavy atom. The topological polar surface area (TPSA) is 58.6 Å². The van der Waals surface area contributed by atoms with Crippen molar-refractivity contribution in [2.45, 2.75) is 56.6 Å². The maximum atomic E-state index is 12.4. The van der Waals surface area contributed by atoms with Gasteiger partial charge in [0.2, 0.25) is 5.91 Å². The molecule has 2 saturated carbocycles. The van der Waals surface area contributed by atoms with Gasteiger partial charge in [-0.2, -0.15) is 0 Å². The normalized spacial score (nSPS) is 34.2. The van der Waals surface area contributed by atoms with Gasteiger partial charge in [-0.05, 0) is 49.5 Å². The molecule has 0 aromatic heterocycles. The van der Waals surface area contributed by atoms with Gasteiger partial charge in [0, 0.05) is 31.1 Å². The van der Waals surface area contributed by atoms with Gasteiger partial charge in [0.15, 0.2) is 0 Å². The average Bonchev–Trinajstić information content (AvgIpc) is 2.59. The first-order valence-corrected chi connectivity index (χ1v) is 9.27. The smallest absolute Gasteiger partial charge is 0.220 e. The molecule has 0 bridgehead atoms. The molecular weight excluding hydrogens is 302 g/mol. The molecule has 0 radical (unpaired) electrons. The number of amides is 1.